The van der Waals surface area contributed by atoms with Gasteiger partial charge in [0, 0.05) is 43.9 Å². The van der Waals surface area contributed by atoms with Crippen LogP contribution in [-0.2, 0) is 20.9 Å². The van der Waals surface area contributed by atoms with Crippen molar-refractivity contribution in [3.63, 3.8) is 0 Å². The Hall–Kier alpha value is -3.07. The maximum atomic E-state index is 12.7. The van der Waals surface area contributed by atoms with Crippen molar-refractivity contribution in [2.75, 3.05) is 26.3 Å². The second-order valence-electron chi connectivity index (χ2n) is 6.81. The zero-order chi connectivity index (χ0) is 19.5. The highest BCUT2D eigenvalue weighted by Gasteiger charge is 2.31. The predicted octanol–water partition coefficient (Wildman–Crippen LogP) is 0.920. The third-order valence-electron chi connectivity index (χ3n) is 4.89. The van der Waals surface area contributed by atoms with E-state index in [0.717, 1.165) is 0 Å². The minimum atomic E-state index is -0.831. The second kappa shape index (κ2) is 7.89. The number of aliphatic imine (C=N–C) groups is 1. The van der Waals surface area contributed by atoms with Gasteiger partial charge in [0.05, 0.1) is 30.5 Å². The third-order valence-corrected chi connectivity index (χ3v) is 4.89. The van der Waals surface area contributed by atoms with Crippen molar-refractivity contribution in [2.24, 2.45) is 4.99 Å². The molecular weight excluding hydrogens is 362 g/mol. The number of aromatic nitrogens is 3. The number of rotatable bonds is 6. The molecule has 1 N–H and O–H groups in total. The molecule has 0 bridgehead atoms. The van der Waals surface area contributed by atoms with Crippen molar-refractivity contribution >= 4 is 17.5 Å². The second-order valence-corrected chi connectivity index (χ2v) is 6.81. The number of carboxylic acid groups (broad SMARTS) is 1. The highest BCUT2D eigenvalue weighted by molar-refractivity contribution is 6.30. The van der Waals surface area contributed by atoms with Gasteiger partial charge < -0.3 is 14.7 Å². The van der Waals surface area contributed by atoms with Gasteiger partial charge in [0.25, 0.3) is 0 Å². The molecule has 3 heterocycles. The zero-order valence-corrected chi connectivity index (χ0v) is 15.3. The van der Waals surface area contributed by atoms with E-state index >= 15 is 0 Å². The summed E-state index contributed by atoms with van der Waals surface area (Å²) >= 11 is 0. The van der Waals surface area contributed by atoms with Crippen LogP contribution >= 0.6 is 0 Å². The number of ketones is 1. The van der Waals surface area contributed by atoms with Gasteiger partial charge in [-0.25, -0.2) is 4.99 Å². The highest BCUT2D eigenvalue weighted by Crippen LogP contribution is 2.30. The third kappa shape index (κ3) is 3.79. The van der Waals surface area contributed by atoms with Gasteiger partial charge in [0.15, 0.2) is 5.78 Å². The summed E-state index contributed by atoms with van der Waals surface area (Å²) in [6.07, 6.45) is 9.51. The molecule has 9 nitrogen and oxygen atoms in total. The number of aliphatic carboxylic acids is 1. The van der Waals surface area contributed by atoms with E-state index in [-0.39, 0.29) is 18.1 Å². The molecule has 2 aliphatic heterocycles. The quantitative estimate of drug-likeness (QED) is 0.778. The molecule has 0 saturated carbocycles. The van der Waals surface area contributed by atoms with Gasteiger partial charge in [-0.3, -0.25) is 14.3 Å². The number of ether oxygens (including phenoxy) is 1. The van der Waals surface area contributed by atoms with E-state index in [4.69, 9.17) is 14.8 Å². The highest BCUT2D eigenvalue weighted by atomic mass is 16.5. The fourth-order valence-electron chi connectivity index (χ4n) is 3.45. The molecular formula is C19H21N5O4. The Morgan fingerprint density at radius 3 is 2.93 bits per heavy atom. The molecule has 0 radical (unpaired) electrons. The van der Waals surface area contributed by atoms with Crippen LogP contribution in [0.5, 0.6) is 0 Å². The summed E-state index contributed by atoms with van der Waals surface area (Å²) in [5.41, 5.74) is 1.94. The predicted molar refractivity (Wildman–Crippen MR) is 99.8 cm³/mol. The van der Waals surface area contributed by atoms with Gasteiger partial charge in [-0.15, -0.1) is 5.10 Å². The fraction of sp³-hybridized carbons (Fsp3) is 0.421. The number of fused-ring (bicyclic) bond motifs is 1. The number of carboxylic acids is 1. The fourth-order valence-corrected chi connectivity index (χ4v) is 3.45. The van der Waals surface area contributed by atoms with Crippen molar-refractivity contribution in [1.82, 2.24) is 19.9 Å². The molecule has 1 unspecified atom stereocenters. The van der Waals surface area contributed by atoms with E-state index in [1.165, 1.54) is 0 Å². The van der Waals surface area contributed by atoms with E-state index in [1.807, 2.05) is 12.2 Å². The summed E-state index contributed by atoms with van der Waals surface area (Å²) in [6.45, 7) is 3.12. The smallest absolute Gasteiger partial charge is 0.303 e. The van der Waals surface area contributed by atoms with Crippen molar-refractivity contribution < 1.29 is 19.4 Å². The molecule has 9 heteroatoms. The molecule has 0 spiro atoms. The van der Waals surface area contributed by atoms with Crippen molar-refractivity contribution in [3.05, 3.63) is 47.6 Å². The molecule has 1 fully saturated rings. The van der Waals surface area contributed by atoms with Crippen molar-refractivity contribution in [1.29, 1.82) is 0 Å². The average Bonchev–Trinajstić information content (AvgIpc) is 3.16. The van der Waals surface area contributed by atoms with Gasteiger partial charge >= 0.3 is 5.97 Å². The van der Waals surface area contributed by atoms with Crippen LogP contribution in [0.1, 0.15) is 24.5 Å². The molecule has 1 aromatic rings. The summed E-state index contributed by atoms with van der Waals surface area (Å²) in [5, 5.41) is 17.1. The molecule has 0 amide bonds. The number of aryl methyl sites for hydroxylation is 1. The Morgan fingerprint density at radius 2 is 2.14 bits per heavy atom. The van der Waals surface area contributed by atoms with Crippen LogP contribution in [0.4, 0.5) is 0 Å². The largest absolute Gasteiger partial charge is 0.481 e. The van der Waals surface area contributed by atoms with Crippen LogP contribution < -0.4 is 0 Å². The lowest BCUT2D eigenvalue weighted by atomic mass is 9.86. The first kappa shape index (κ1) is 18.3. The topological polar surface area (TPSA) is 110 Å². The Labute approximate surface area is 161 Å². The van der Waals surface area contributed by atoms with Crippen LogP contribution in [0.25, 0.3) is 0 Å². The first-order valence-electron chi connectivity index (χ1n) is 9.30. The van der Waals surface area contributed by atoms with Crippen LogP contribution in [0.3, 0.4) is 0 Å². The zero-order valence-electron chi connectivity index (χ0n) is 15.3. The maximum Gasteiger partial charge on any atom is 0.303 e. The van der Waals surface area contributed by atoms with E-state index in [9.17, 15) is 9.59 Å². The van der Waals surface area contributed by atoms with E-state index < -0.39 is 5.97 Å². The van der Waals surface area contributed by atoms with Gasteiger partial charge in [-0.05, 0) is 12.5 Å². The SMILES string of the molecule is O=C(O)CCCn1cc(C2C=CC=C3C(=O)C=C(N4CCOCC4)N=C32)nn1. The molecule has 4 rings (SSSR count). The lowest BCUT2D eigenvalue weighted by Gasteiger charge is -2.31. The number of nitrogens with zero attached hydrogens (tertiary/aromatic N) is 5. The van der Waals surface area contributed by atoms with Gasteiger partial charge in [-0.1, -0.05) is 17.4 Å². The Balaban J connectivity index is 1.56. The Kier molecular flexibility index (Phi) is 5.16. The molecule has 3 aliphatic rings. The number of morpholine rings is 1. The number of carbonyl (C=O) groups excluding carboxylic acids is 1. The summed E-state index contributed by atoms with van der Waals surface area (Å²) in [7, 11) is 0. The summed E-state index contributed by atoms with van der Waals surface area (Å²) in [5.74, 6) is -0.492. The Bertz CT molecular complexity index is 905. The van der Waals surface area contributed by atoms with Crippen LogP contribution in [0.15, 0.2) is 46.9 Å². The van der Waals surface area contributed by atoms with Crippen LogP contribution in [-0.4, -0.2) is 68.8 Å². The summed E-state index contributed by atoms with van der Waals surface area (Å²) < 4.78 is 7.01. The van der Waals surface area contributed by atoms with Crippen molar-refractivity contribution in [2.45, 2.75) is 25.3 Å². The van der Waals surface area contributed by atoms with Gasteiger partial charge in [-0.2, -0.15) is 0 Å². The molecule has 0 aromatic carbocycles. The van der Waals surface area contributed by atoms with E-state index in [1.54, 1.807) is 23.0 Å². The lowest BCUT2D eigenvalue weighted by molar-refractivity contribution is -0.137. The first-order chi connectivity index (χ1) is 13.6. The molecule has 1 aromatic heterocycles. The number of hydrogen-bond acceptors (Lipinski definition) is 7. The maximum absolute atomic E-state index is 12.7. The molecule has 28 heavy (non-hydrogen) atoms. The molecule has 1 saturated heterocycles. The van der Waals surface area contributed by atoms with Crippen molar-refractivity contribution in [3.8, 4) is 0 Å². The summed E-state index contributed by atoms with van der Waals surface area (Å²) in [6, 6.07) is 0. The van der Waals surface area contributed by atoms with Gasteiger partial charge in [0.1, 0.15) is 5.82 Å². The van der Waals surface area contributed by atoms with Gasteiger partial charge in [0.2, 0.25) is 0 Å². The number of allylic oxidation sites excluding steroid dienone is 5. The monoisotopic (exact) mass is 383 g/mol. The normalized spacial score (nSPS) is 21.7. The van der Waals surface area contributed by atoms with Crippen LogP contribution in [0.2, 0.25) is 0 Å². The molecule has 1 atom stereocenters. The first-order valence-corrected chi connectivity index (χ1v) is 9.30. The number of carbonyl (C=O) groups is 2. The van der Waals surface area contributed by atoms with E-state index in [2.05, 4.69) is 15.2 Å². The summed E-state index contributed by atoms with van der Waals surface area (Å²) in [4.78, 5) is 30.2. The average molecular weight is 383 g/mol. The minimum Gasteiger partial charge on any atom is -0.481 e. The Morgan fingerprint density at radius 1 is 1.32 bits per heavy atom. The standard InChI is InChI=1S/C19H21N5O4/c25-16-11-17(23-7-9-28-10-8-23)20-19-13(3-1-4-14(16)19)15-12-24(22-21-15)6-2-5-18(26)27/h1,3-4,11-13H,2,5-10H2,(H,26,27). The lowest BCUT2D eigenvalue weighted by Crippen LogP contribution is -2.37. The molecule has 146 valence electrons. The number of hydrogen-bond donors (Lipinski definition) is 1. The molecule has 1 aliphatic carbocycles. The van der Waals surface area contributed by atoms with Crippen LogP contribution in [0, 0.1) is 0 Å². The minimum absolute atomic E-state index is 0.0605. The van der Waals surface area contributed by atoms with E-state index in [0.29, 0.717) is 62.1 Å².